The van der Waals surface area contributed by atoms with E-state index in [0.717, 1.165) is 72.2 Å². The summed E-state index contributed by atoms with van der Waals surface area (Å²) in [5.74, 6) is 0. The zero-order chi connectivity index (χ0) is 90.4. The van der Waals surface area contributed by atoms with Crippen molar-refractivity contribution in [3.05, 3.63) is 266 Å². The van der Waals surface area contributed by atoms with Crippen molar-refractivity contribution in [1.82, 2.24) is 0 Å². The third kappa shape index (κ3) is 21.7. The highest BCUT2D eigenvalue weighted by molar-refractivity contribution is 5.67. The van der Waals surface area contributed by atoms with Crippen LogP contribution >= 0.6 is 0 Å². The first kappa shape index (κ1) is 85.2. The Labute approximate surface area is 706 Å². The van der Waals surface area contributed by atoms with E-state index in [2.05, 4.69) is 371 Å². The first-order valence-electron chi connectivity index (χ1n) is 46.5. The Kier molecular flexibility index (Phi) is 30.0. The SMILES string of the molecule is CCC(C)(C)c1ccc(-c2ccccc2C)[n+](C)c1.CCC(C)(CC)c1c[n+](C)c(-c2ccc(C)cc2C)cc1C.CCC(C)(CC)c1cc(-c2ccccc2C)[n+](C)cc1C(C)(CC)CC.[2H]C([2H])([2H])c1ccc(-c2cc(C(C)(CC)CC)c(C(C)(CC)CC)c[n+]2C)c(C)c1.[2H]C([2H])([2H])c1ccc(-c2ccc(C(C)(C)CC)c[n+]2C)c(C)c1. The summed E-state index contributed by atoms with van der Waals surface area (Å²) in [7, 11) is 10.7. The van der Waals surface area contributed by atoms with Gasteiger partial charge in [0.15, 0.2) is 31.0 Å². The molecule has 5 heteroatoms. The summed E-state index contributed by atoms with van der Waals surface area (Å²) in [5.41, 5.74) is 33.3. The van der Waals surface area contributed by atoms with Crippen LogP contribution in [0.1, 0.15) is 320 Å². The number of pyridine rings is 5. The van der Waals surface area contributed by atoms with Gasteiger partial charge in [0, 0.05) is 94.2 Å². The monoisotopic (exact) mass is 1540 g/mol. The Morgan fingerprint density at radius 2 is 0.500 bits per heavy atom. The molecule has 0 aliphatic carbocycles. The van der Waals surface area contributed by atoms with Crippen LogP contribution in [0.25, 0.3) is 56.3 Å². The smallest absolute Gasteiger partial charge is 0.201 e. The van der Waals surface area contributed by atoms with Gasteiger partial charge in [0.1, 0.15) is 35.2 Å². The Balaban J connectivity index is 0.000000234. The normalized spacial score (nSPS) is 13.1. The highest BCUT2D eigenvalue weighted by Gasteiger charge is 2.39. The van der Waals surface area contributed by atoms with E-state index in [9.17, 15) is 0 Å². The lowest BCUT2D eigenvalue weighted by Crippen LogP contribution is -2.38. The summed E-state index contributed by atoms with van der Waals surface area (Å²) < 4.78 is 57.0. The second kappa shape index (κ2) is 40.1. The minimum absolute atomic E-state index is 0.108. The molecule has 0 bridgehead atoms. The quantitative estimate of drug-likeness (QED) is 0.0537. The number of rotatable bonds is 24. The largest absolute Gasteiger partial charge is 0.212 e. The fourth-order valence-corrected chi connectivity index (χ4v) is 16.3. The second-order valence-corrected chi connectivity index (χ2v) is 36.2. The lowest BCUT2D eigenvalue weighted by atomic mass is 9.68. The average Bonchev–Trinajstić information content (AvgIpc) is 0.762. The van der Waals surface area contributed by atoms with Gasteiger partial charge in [0.25, 0.3) is 0 Å². The maximum absolute atomic E-state index is 7.72. The lowest BCUT2D eigenvalue weighted by molar-refractivity contribution is -0.661. The minimum Gasteiger partial charge on any atom is -0.201 e. The van der Waals surface area contributed by atoms with Gasteiger partial charge in [-0.2, -0.15) is 0 Å². The summed E-state index contributed by atoms with van der Waals surface area (Å²) in [4.78, 5) is 0. The summed E-state index contributed by atoms with van der Waals surface area (Å²) in [6.45, 7) is 59.5. The third-order valence-corrected chi connectivity index (χ3v) is 28.2. The van der Waals surface area contributed by atoms with Crippen LogP contribution in [-0.2, 0) is 73.1 Å². The molecule has 10 rings (SSSR count). The van der Waals surface area contributed by atoms with E-state index in [-0.39, 0.29) is 37.9 Å². The summed E-state index contributed by atoms with van der Waals surface area (Å²) >= 11 is 0. The number of hydrogen-bond donors (Lipinski definition) is 0. The Bertz CT molecular complexity index is 5080. The molecule has 0 atom stereocenters. The molecule has 0 saturated carbocycles. The highest BCUT2D eigenvalue weighted by atomic mass is 14.9. The topological polar surface area (TPSA) is 19.4 Å². The Morgan fingerprint density at radius 1 is 0.237 bits per heavy atom. The van der Waals surface area contributed by atoms with E-state index in [4.69, 9.17) is 8.22 Å². The number of nitrogens with zero attached hydrogens (tertiary/aromatic N) is 5. The predicted molar refractivity (Wildman–Crippen MR) is 494 cm³/mol. The molecule has 0 fully saturated rings. The molecule has 114 heavy (non-hydrogen) atoms. The van der Waals surface area contributed by atoms with Gasteiger partial charge in [-0.25, -0.2) is 22.8 Å². The van der Waals surface area contributed by atoms with Gasteiger partial charge in [-0.05, 0) is 264 Å². The van der Waals surface area contributed by atoms with Crippen molar-refractivity contribution < 1.29 is 31.1 Å². The van der Waals surface area contributed by atoms with Crippen LogP contribution in [-0.4, -0.2) is 0 Å². The van der Waals surface area contributed by atoms with Gasteiger partial charge in [-0.3, -0.25) is 0 Å². The molecule has 5 nitrogen and oxygen atoms in total. The van der Waals surface area contributed by atoms with Gasteiger partial charge in [-0.1, -0.05) is 235 Å². The van der Waals surface area contributed by atoms with Crippen molar-refractivity contribution >= 4 is 0 Å². The van der Waals surface area contributed by atoms with E-state index >= 15 is 0 Å². The molecule has 5 heterocycles. The van der Waals surface area contributed by atoms with Gasteiger partial charge in [-0.15, -0.1) is 0 Å². The highest BCUT2D eigenvalue weighted by Crippen LogP contribution is 2.45. The number of benzene rings is 5. The minimum atomic E-state index is -2.08. The average molecular weight is 1540 g/mol. The van der Waals surface area contributed by atoms with E-state index in [1.165, 1.54) is 133 Å². The van der Waals surface area contributed by atoms with Crippen LogP contribution in [0.2, 0.25) is 0 Å². The van der Waals surface area contributed by atoms with Crippen LogP contribution in [0.5, 0.6) is 0 Å². The molecule has 5 aromatic heterocycles. The summed E-state index contributed by atoms with van der Waals surface area (Å²) in [6, 6.07) is 51.0. The number of hydrogen-bond acceptors (Lipinski definition) is 0. The van der Waals surface area contributed by atoms with Crippen LogP contribution in [0.15, 0.2) is 177 Å². The summed E-state index contributed by atoms with van der Waals surface area (Å²) in [5, 5.41) is 0. The molecule has 0 radical (unpaired) electrons. The molecule has 10 aromatic rings. The lowest BCUT2D eigenvalue weighted by Gasteiger charge is -2.36. The standard InChI is InChI=1S/C26H40N.C25H38N.C21H30N.C19H26N.C18H24N/c1-10-25(7,11-2)22-17-24(21-15-14-19(5)16-20(21)6)27(9)18-23(22)26(8,12-3)13-4;1-9-24(6,10-2)21-17-23(20-16-14-13-15-19(20)5)26(8)18-22(21)25(7,11-3)12-4;1-8-21(6,9-2)19-14-22(7)20(13-17(19)5)18-11-10-15(3)12-16(18)4;1-7-19(4,5)16-9-11-18(20(6)13-16)17-10-8-14(2)12-15(17)3;1-6-18(3,4)15-11-12-17(19(5)13-15)16-10-8-7-9-14(16)2/h14-18H,10-13H2,1-9H3;13-18H,9-12H2,1-8H3;10-14H,8-9H2,1-7H3;8-13H,7H2,1-6H3;7-13H,6H2,1-5H3/q5*+1/i5D3;;;2D3;. The summed E-state index contributed by atoms with van der Waals surface area (Å²) in [6.07, 6.45) is 25.2. The molecular formula is C109H158N5+5. The second-order valence-electron chi connectivity index (χ2n) is 36.2. The van der Waals surface area contributed by atoms with Crippen molar-refractivity contribution in [2.75, 3.05) is 0 Å². The zero-order valence-corrected chi connectivity index (χ0v) is 78.0. The molecule has 0 unspecified atom stereocenters. The van der Waals surface area contributed by atoms with E-state index in [0.29, 0.717) is 11.1 Å². The molecular weight excluding hydrogens is 1380 g/mol. The van der Waals surface area contributed by atoms with E-state index < -0.39 is 13.7 Å². The van der Waals surface area contributed by atoms with E-state index in [1.807, 2.05) is 39.1 Å². The predicted octanol–water partition coefficient (Wildman–Crippen LogP) is 27.4. The van der Waals surface area contributed by atoms with Crippen molar-refractivity contribution in [2.45, 2.75) is 323 Å². The molecule has 0 amide bonds. The Hall–Kier alpha value is -8.15. The zero-order valence-electron chi connectivity index (χ0n) is 84.0. The maximum Gasteiger partial charge on any atom is 0.212 e. The Morgan fingerprint density at radius 3 is 0.807 bits per heavy atom. The molecule has 0 saturated heterocycles. The fourth-order valence-electron chi connectivity index (χ4n) is 16.3. The number of aromatic nitrogens is 5. The molecule has 0 aliphatic heterocycles. The first-order valence-corrected chi connectivity index (χ1v) is 43.5. The maximum atomic E-state index is 7.72. The van der Waals surface area contributed by atoms with Crippen molar-refractivity contribution in [3.8, 4) is 56.3 Å². The van der Waals surface area contributed by atoms with Crippen molar-refractivity contribution in [3.63, 3.8) is 0 Å². The van der Waals surface area contributed by atoms with Gasteiger partial charge < -0.3 is 0 Å². The van der Waals surface area contributed by atoms with Crippen molar-refractivity contribution in [2.24, 2.45) is 35.2 Å². The van der Waals surface area contributed by atoms with Crippen LogP contribution < -0.4 is 22.8 Å². The van der Waals surface area contributed by atoms with Gasteiger partial charge >= 0.3 is 0 Å². The molecule has 5 aromatic carbocycles. The first-order chi connectivity index (χ1) is 56.0. The molecule has 0 spiro atoms. The fraction of sp³-hybridized carbons (Fsp3) is 0.495. The van der Waals surface area contributed by atoms with Gasteiger partial charge in [0.2, 0.25) is 28.5 Å². The van der Waals surface area contributed by atoms with Crippen molar-refractivity contribution in [1.29, 1.82) is 0 Å². The van der Waals surface area contributed by atoms with Crippen LogP contribution in [0.3, 0.4) is 0 Å². The number of aryl methyl sites for hydroxylation is 14. The molecule has 0 N–H and O–H groups in total. The van der Waals surface area contributed by atoms with E-state index in [1.54, 1.807) is 23.8 Å². The third-order valence-electron chi connectivity index (χ3n) is 28.2. The molecule has 614 valence electrons. The van der Waals surface area contributed by atoms with Crippen LogP contribution in [0.4, 0.5) is 0 Å². The van der Waals surface area contributed by atoms with Crippen LogP contribution in [0, 0.1) is 62.2 Å². The van der Waals surface area contributed by atoms with Gasteiger partial charge in [0.05, 0.1) is 0 Å². The molecule has 0 aliphatic rings.